The largest absolute Gasteiger partial charge is 0.350 e. The minimum atomic E-state index is -0.238. The van der Waals surface area contributed by atoms with Crippen LogP contribution in [0.4, 0.5) is 5.69 Å². The molecule has 27 heavy (non-hydrogen) atoms. The number of aryl methyl sites for hydroxylation is 1. The average molecular weight is 372 g/mol. The highest BCUT2D eigenvalue weighted by Gasteiger charge is 2.39. The van der Waals surface area contributed by atoms with E-state index in [1.807, 2.05) is 23.1 Å². The number of carbonyl (C=O) groups is 2. The van der Waals surface area contributed by atoms with E-state index in [0.29, 0.717) is 32.1 Å². The summed E-state index contributed by atoms with van der Waals surface area (Å²) in [4.78, 5) is 29.3. The first-order valence-corrected chi connectivity index (χ1v) is 10.1. The van der Waals surface area contributed by atoms with Gasteiger partial charge in [-0.3, -0.25) is 9.59 Å². The lowest BCUT2D eigenvalue weighted by Crippen LogP contribution is -2.44. The normalized spacial score (nSPS) is 24.8. The lowest BCUT2D eigenvalue weighted by Gasteiger charge is -2.35. The Hall–Kier alpha value is -1.92. The Morgan fingerprint density at radius 2 is 1.85 bits per heavy atom. The molecule has 3 heterocycles. The molecule has 1 unspecified atom stereocenters. The highest BCUT2D eigenvalue weighted by atomic mass is 16.7. The van der Waals surface area contributed by atoms with Crippen molar-refractivity contribution in [3.8, 4) is 0 Å². The molecule has 1 aromatic carbocycles. The molecule has 0 spiro atoms. The summed E-state index contributed by atoms with van der Waals surface area (Å²) in [6.07, 6.45) is 2.89. The van der Waals surface area contributed by atoms with E-state index in [1.165, 1.54) is 0 Å². The van der Waals surface area contributed by atoms with Gasteiger partial charge in [0.15, 0.2) is 6.29 Å². The van der Waals surface area contributed by atoms with E-state index in [4.69, 9.17) is 9.47 Å². The van der Waals surface area contributed by atoms with E-state index in [0.717, 1.165) is 43.6 Å². The van der Waals surface area contributed by atoms with Crippen LogP contribution in [0, 0.1) is 11.8 Å². The number of nitrogens with zero attached hydrogens (tertiary/aromatic N) is 2. The van der Waals surface area contributed by atoms with Crippen LogP contribution in [-0.4, -0.2) is 55.9 Å². The van der Waals surface area contributed by atoms with E-state index in [1.54, 1.807) is 4.90 Å². The van der Waals surface area contributed by atoms with Gasteiger partial charge in [-0.2, -0.15) is 0 Å². The zero-order valence-corrected chi connectivity index (χ0v) is 15.9. The van der Waals surface area contributed by atoms with Gasteiger partial charge in [-0.1, -0.05) is 25.1 Å². The number of hydrogen-bond donors (Lipinski definition) is 0. The summed E-state index contributed by atoms with van der Waals surface area (Å²) in [7, 11) is 0. The predicted octanol–water partition coefficient (Wildman–Crippen LogP) is 2.21. The first kappa shape index (κ1) is 18.4. The number of likely N-dealkylation sites (tertiary alicyclic amines) is 1. The smallest absolute Gasteiger partial charge is 0.228 e. The molecule has 1 atom stereocenters. The van der Waals surface area contributed by atoms with Gasteiger partial charge in [-0.05, 0) is 30.9 Å². The second-order valence-electron chi connectivity index (χ2n) is 7.66. The summed E-state index contributed by atoms with van der Waals surface area (Å²) in [5.41, 5.74) is 2.10. The number of ether oxygens (including phenoxy) is 2. The van der Waals surface area contributed by atoms with Crippen molar-refractivity contribution in [2.75, 3.05) is 37.7 Å². The van der Waals surface area contributed by atoms with Crippen LogP contribution in [0.15, 0.2) is 24.3 Å². The Bertz CT molecular complexity index is 693. The van der Waals surface area contributed by atoms with Crippen LogP contribution < -0.4 is 4.90 Å². The fourth-order valence-electron chi connectivity index (χ4n) is 4.48. The van der Waals surface area contributed by atoms with Gasteiger partial charge < -0.3 is 19.3 Å². The van der Waals surface area contributed by atoms with Gasteiger partial charge in [0.05, 0.1) is 19.1 Å². The standard InChI is InChI=1S/C21H28N2O4/c1-2-15-5-3-4-6-18(15)23-14-17(13-19(23)24)20(25)22-9-7-16(8-10-22)21-26-11-12-27-21/h3-6,16-17,21H,2,7-14H2,1H3. The minimum Gasteiger partial charge on any atom is -0.350 e. The summed E-state index contributed by atoms with van der Waals surface area (Å²) in [6.45, 7) is 5.37. The molecular weight excluding hydrogens is 344 g/mol. The van der Waals surface area contributed by atoms with Crippen LogP contribution in [-0.2, 0) is 25.5 Å². The average Bonchev–Trinajstić information content (AvgIpc) is 3.37. The summed E-state index contributed by atoms with van der Waals surface area (Å²) in [5.74, 6) is 0.302. The predicted molar refractivity (Wildman–Crippen MR) is 101 cm³/mol. The van der Waals surface area contributed by atoms with Crippen molar-refractivity contribution in [2.45, 2.75) is 38.9 Å². The van der Waals surface area contributed by atoms with Crippen LogP contribution in [0.3, 0.4) is 0 Å². The Labute approximate surface area is 160 Å². The number of carbonyl (C=O) groups excluding carboxylic acids is 2. The molecule has 0 aromatic heterocycles. The van der Waals surface area contributed by atoms with Crippen molar-refractivity contribution < 1.29 is 19.1 Å². The van der Waals surface area contributed by atoms with Gasteiger partial charge in [-0.15, -0.1) is 0 Å². The SMILES string of the molecule is CCc1ccccc1N1CC(C(=O)N2CCC(C3OCCO3)CC2)CC1=O. The number of anilines is 1. The molecule has 3 fully saturated rings. The van der Waals surface area contributed by atoms with Gasteiger partial charge in [0.1, 0.15) is 0 Å². The van der Waals surface area contributed by atoms with E-state index in [9.17, 15) is 9.59 Å². The maximum Gasteiger partial charge on any atom is 0.228 e. The Kier molecular flexibility index (Phi) is 5.45. The number of amides is 2. The second kappa shape index (κ2) is 7.98. The van der Waals surface area contributed by atoms with Crippen LogP contribution in [0.1, 0.15) is 31.7 Å². The maximum atomic E-state index is 13.0. The first-order chi connectivity index (χ1) is 13.2. The summed E-state index contributed by atoms with van der Waals surface area (Å²) >= 11 is 0. The van der Waals surface area contributed by atoms with Crippen molar-refractivity contribution in [1.29, 1.82) is 0 Å². The van der Waals surface area contributed by atoms with Gasteiger partial charge in [-0.25, -0.2) is 0 Å². The Morgan fingerprint density at radius 3 is 2.56 bits per heavy atom. The molecule has 0 N–H and O–H groups in total. The van der Waals surface area contributed by atoms with Crippen LogP contribution >= 0.6 is 0 Å². The van der Waals surface area contributed by atoms with Crippen molar-refractivity contribution >= 4 is 17.5 Å². The van der Waals surface area contributed by atoms with Crippen LogP contribution in [0.2, 0.25) is 0 Å². The van der Waals surface area contributed by atoms with Gasteiger partial charge in [0.2, 0.25) is 11.8 Å². The molecule has 0 aliphatic carbocycles. The molecule has 2 amide bonds. The Balaban J connectivity index is 1.37. The molecule has 4 rings (SSSR count). The third-order valence-electron chi connectivity index (χ3n) is 6.02. The molecule has 3 aliphatic heterocycles. The highest BCUT2D eigenvalue weighted by Crippen LogP contribution is 2.31. The van der Waals surface area contributed by atoms with E-state index >= 15 is 0 Å². The van der Waals surface area contributed by atoms with E-state index in [2.05, 4.69) is 13.0 Å². The molecule has 3 aliphatic rings. The number of rotatable bonds is 4. The molecule has 0 bridgehead atoms. The van der Waals surface area contributed by atoms with Crippen LogP contribution in [0.25, 0.3) is 0 Å². The fraction of sp³-hybridized carbons (Fsp3) is 0.619. The monoisotopic (exact) mass is 372 g/mol. The van der Waals surface area contributed by atoms with Crippen molar-refractivity contribution in [3.63, 3.8) is 0 Å². The molecule has 3 saturated heterocycles. The molecule has 0 radical (unpaired) electrons. The number of piperidine rings is 1. The van der Waals surface area contributed by atoms with Crippen molar-refractivity contribution in [2.24, 2.45) is 11.8 Å². The number of para-hydroxylation sites is 1. The molecule has 146 valence electrons. The lowest BCUT2D eigenvalue weighted by molar-refractivity contribution is -0.140. The zero-order valence-electron chi connectivity index (χ0n) is 15.9. The Morgan fingerprint density at radius 1 is 1.15 bits per heavy atom. The van der Waals surface area contributed by atoms with E-state index < -0.39 is 0 Å². The summed E-state index contributed by atoms with van der Waals surface area (Å²) < 4.78 is 11.2. The number of benzene rings is 1. The summed E-state index contributed by atoms with van der Waals surface area (Å²) in [5, 5.41) is 0. The molecule has 1 aromatic rings. The van der Waals surface area contributed by atoms with Gasteiger partial charge >= 0.3 is 0 Å². The van der Waals surface area contributed by atoms with Crippen LogP contribution in [0.5, 0.6) is 0 Å². The second-order valence-corrected chi connectivity index (χ2v) is 7.66. The number of hydrogen-bond acceptors (Lipinski definition) is 4. The van der Waals surface area contributed by atoms with Gasteiger partial charge in [0, 0.05) is 37.7 Å². The van der Waals surface area contributed by atoms with Gasteiger partial charge in [0.25, 0.3) is 0 Å². The molecule has 6 heteroatoms. The zero-order chi connectivity index (χ0) is 18.8. The summed E-state index contributed by atoms with van der Waals surface area (Å²) in [6, 6.07) is 7.98. The molecular formula is C21H28N2O4. The molecule has 0 saturated carbocycles. The topological polar surface area (TPSA) is 59.1 Å². The maximum absolute atomic E-state index is 13.0. The minimum absolute atomic E-state index is 0.0527. The first-order valence-electron chi connectivity index (χ1n) is 10.1. The third-order valence-corrected chi connectivity index (χ3v) is 6.02. The quantitative estimate of drug-likeness (QED) is 0.813. The lowest BCUT2D eigenvalue weighted by atomic mass is 9.95. The van der Waals surface area contributed by atoms with Crippen molar-refractivity contribution in [1.82, 2.24) is 4.90 Å². The molecule has 6 nitrogen and oxygen atoms in total. The third kappa shape index (κ3) is 3.73. The fourth-order valence-corrected chi connectivity index (χ4v) is 4.48. The van der Waals surface area contributed by atoms with Crippen molar-refractivity contribution in [3.05, 3.63) is 29.8 Å². The van der Waals surface area contributed by atoms with E-state index in [-0.39, 0.29) is 24.0 Å². The highest BCUT2D eigenvalue weighted by molar-refractivity contribution is 6.00.